The number of aryl methyl sites for hydroxylation is 1. The summed E-state index contributed by atoms with van der Waals surface area (Å²) in [6, 6.07) is 8.03. The van der Waals surface area contributed by atoms with E-state index in [1.54, 1.807) is 4.90 Å². The summed E-state index contributed by atoms with van der Waals surface area (Å²) in [6.45, 7) is 7.95. The van der Waals surface area contributed by atoms with Gasteiger partial charge in [-0.2, -0.15) is 0 Å². The first-order valence-corrected chi connectivity index (χ1v) is 5.76. The average Bonchev–Trinajstić information content (AvgIpc) is 2.30. The second-order valence-corrected chi connectivity index (χ2v) is 3.75. The first kappa shape index (κ1) is 12.7. The maximum atomic E-state index is 11.9. The number of benzene rings is 1. The number of carbonyl (C=O) groups excluding carboxylic acids is 1. The van der Waals surface area contributed by atoms with Crippen molar-refractivity contribution in [3.05, 3.63) is 29.8 Å². The number of rotatable bonds is 5. The molecule has 0 fully saturated rings. The third-order valence-corrected chi connectivity index (χ3v) is 2.49. The molecule has 16 heavy (non-hydrogen) atoms. The van der Waals surface area contributed by atoms with Gasteiger partial charge in [0, 0.05) is 12.2 Å². The average molecular weight is 220 g/mol. The summed E-state index contributed by atoms with van der Waals surface area (Å²) in [5.41, 5.74) is 2.18. The number of anilines is 1. The molecule has 0 heterocycles. The summed E-state index contributed by atoms with van der Waals surface area (Å²) >= 11 is 0. The quantitative estimate of drug-likeness (QED) is 0.822. The van der Waals surface area contributed by atoms with Crippen molar-refractivity contribution in [1.82, 2.24) is 5.32 Å². The Kier molecular flexibility index (Phi) is 4.99. The van der Waals surface area contributed by atoms with Crippen LogP contribution in [0.2, 0.25) is 0 Å². The Hall–Kier alpha value is -1.35. The van der Waals surface area contributed by atoms with Crippen LogP contribution in [0, 0.1) is 6.92 Å². The molecule has 0 aromatic heterocycles. The van der Waals surface area contributed by atoms with Gasteiger partial charge in [0.25, 0.3) is 0 Å². The van der Waals surface area contributed by atoms with Crippen LogP contribution in [-0.2, 0) is 4.79 Å². The van der Waals surface area contributed by atoms with E-state index < -0.39 is 0 Å². The zero-order valence-corrected chi connectivity index (χ0v) is 10.3. The van der Waals surface area contributed by atoms with Crippen molar-refractivity contribution in [3.8, 4) is 0 Å². The molecule has 0 saturated carbocycles. The summed E-state index contributed by atoms with van der Waals surface area (Å²) in [5.74, 6) is 0.119. The molecular weight excluding hydrogens is 200 g/mol. The van der Waals surface area contributed by atoms with Gasteiger partial charge in [0.1, 0.15) is 0 Å². The van der Waals surface area contributed by atoms with Gasteiger partial charge in [-0.1, -0.05) is 24.6 Å². The summed E-state index contributed by atoms with van der Waals surface area (Å²) in [6.07, 6.45) is 0. The minimum Gasteiger partial charge on any atom is -0.312 e. The summed E-state index contributed by atoms with van der Waals surface area (Å²) in [7, 11) is 0. The lowest BCUT2D eigenvalue weighted by molar-refractivity contribution is -0.117. The topological polar surface area (TPSA) is 32.3 Å². The van der Waals surface area contributed by atoms with E-state index in [-0.39, 0.29) is 5.91 Å². The fraction of sp³-hybridized carbons (Fsp3) is 0.462. The van der Waals surface area contributed by atoms with Crippen LogP contribution in [0.25, 0.3) is 0 Å². The molecule has 88 valence electrons. The third-order valence-electron chi connectivity index (χ3n) is 2.49. The van der Waals surface area contributed by atoms with Gasteiger partial charge in [-0.3, -0.25) is 4.79 Å². The van der Waals surface area contributed by atoms with Gasteiger partial charge in [-0.15, -0.1) is 0 Å². The fourth-order valence-corrected chi connectivity index (χ4v) is 1.55. The van der Waals surface area contributed by atoms with Crippen molar-refractivity contribution in [2.75, 3.05) is 24.5 Å². The molecule has 0 aliphatic carbocycles. The van der Waals surface area contributed by atoms with Gasteiger partial charge in [0.05, 0.1) is 6.54 Å². The Labute approximate surface area is 97.5 Å². The molecule has 0 unspecified atom stereocenters. The van der Waals surface area contributed by atoms with Crippen molar-refractivity contribution < 1.29 is 4.79 Å². The lowest BCUT2D eigenvalue weighted by atomic mass is 10.2. The lowest BCUT2D eigenvalue weighted by Gasteiger charge is -2.21. The molecule has 1 rings (SSSR count). The molecule has 0 saturated heterocycles. The standard InChI is InChI=1S/C13H20N2O/c1-4-14-10-13(16)15(5-2)12-8-6-11(3)7-9-12/h6-9,14H,4-5,10H2,1-3H3. The minimum atomic E-state index is 0.119. The highest BCUT2D eigenvalue weighted by Crippen LogP contribution is 2.14. The smallest absolute Gasteiger partial charge is 0.240 e. The monoisotopic (exact) mass is 220 g/mol. The molecule has 3 nitrogen and oxygen atoms in total. The summed E-state index contributed by atoms with van der Waals surface area (Å²) in [5, 5.41) is 3.05. The summed E-state index contributed by atoms with van der Waals surface area (Å²) < 4.78 is 0. The van der Waals surface area contributed by atoms with Crippen molar-refractivity contribution in [1.29, 1.82) is 0 Å². The van der Waals surface area contributed by atoms with Crippen LogP contribution in [0.1, 0.15) is 19.4 Å². The number of nitrogens with one attached hydrogen (secondary N) is 1. The first-order chi connectivity index (χ1) is 7.69. The van der Waals surface area contributed by atoms with Crippen molar-refractivity contribution >= 4 is 11.6 Å². The largest absolute Gasteiger partial charge is 0.312 e. The van der Waals surface area contributed by atoms with Gasteiger partial charge >= 0.3 is 0 Å². The van der Waals surface area contributed by atoms with Crippen LogP contribution in [0.4, 0.5) is 5.69 Å². The Balaban J connectivity index is 2.73. The molecular formula is C13H20N2O. The lowest BCUT2D eigenvalue weighted by Crippen LogP contribution is -2.38. The molecule has 0 spiro atoms. The van der Waals surface area contributed by atoms with E-state index in [0.717, 1.165) is 12.2 Å². The predicted molar refractivity (Wildman–Crippen MR) is 67.7 cm³/mol. The number of amides is 1. The van der Waals surface area contributed by atoms with Crippen LogP contribution < -0.4 is 10.2 Å². The molecule has 1 amide bonds. The molecule has 0 bridgehead atoms. The maximum Gasteiger partial charge on any atom is 0.240 e. The molecule has 0 aliphatic rings. The highest BCUT2D eigenvalue weighted by molar-refractivity contribution is 5.94. The second kappa shape index (κ2) is 6.28. The number of nitrogens with zero attached hydrogens (tertiary/aromatic N) is 1. The number of likely N-dealkylation sites (N-methyl/N-ethyl adjacent to an activating group) is 2. The van der Waals surface area contributed by atoms with Gasteiger partial charge in [0.15, 0.2) is 0 Å². The van der Waals surface area contributed by atoms with E-state index in [0.29, 0.717) is 13.1 Å². The maximum absolute atomic E-state index is 11.9. The molecule has 1 N–H and O–H groups in total. The summed E-state index contributed by atoms with van der Waals surface area (Å²) in [4.78, 5) is 13.7. The van der Waals surface area contributed by atoms with Gasteiger partial charge in [-0.05, 0) is 32.5 Å². The molecule has 0 aliphatic heterocycles. The van der Waals surface area contributed by atoms with Crippen molar-refractivity contribution in [2.45, 2.75) is 20.8 Å². The zero-order valence-electron chi connectivity index (χ0n) is 10.3. The Morgan fingerprint density at radius 2 is 1.88 bits per heavy atom. The Morgan fingerprint density at radius 1 is 1.25 bits per heavy atom. The molecule has 1 aromatic carbocycles. The predicted octanol–water partition coefficient (Wildman–Crippen LogP) is 1.96. The highest BCUT2D eigenvalue weighted by Gasteiger charge is 2.12. The van der Waals surface area contributed by atoms with Gasteiger partial charge in [0.2, 0.25) is 5.91 Å². The van der Waals surface area contributed by atoms with E-state index in [1.165, 1.54) is 5.56 Å². The van der Waals surface area contributed by atoms with E-state index >= 15 is 0 Å². The van der Waals surface area contributed by atoms with Crippen LogP contribution in [0.15, 0.2) is 24.3 Å². The van der Waals surface area contributed by atoms with E-state index in [4.69, 9.17) is 0 Å². The Bertz CT molecular complexity index is 332. The van der Waals surface area contributed by atoms with Crippen LogP contribution in [0.5, 0.6) is 0 Å². The molecule has 0 radical (unpaired) electrons. The fourth-order valence-electron chi connectivity index (χ4n) is 1.55. The van der Waals surface area contributed by atoms with Gasteiger partial charge < -0.3 is 10.2 Å². The van der Waals surface area contributed by atoms with E-state index in [9.17, 15) is 4.79 Å². The van der Waals surface area contributed by atoms with E-state index in [2.05, 4.69) is 5.32 Å². The van der Waals surface area contributed by atoms with Crippen molar-refractivity contribution in [2.24, 2.45) is 0 Å². The van der Waals surface area contributed by atoms with E-state index in [1.807, 2.05) is 45.0 Å². The third kappa shape index (κ3) is 3.35. The molecule has 0 atom stereocenters. The van der Waals surface area contributed by atoms with Crippen LogP contribution in [0.3, 0.4) is 0 Å². The van der Waals surface area contributed by atoms with Crippen LogP contribution >= 0.6 is 0 Å². The first-order valence-electron chi connectivity index (χ1n) is 5.76. The number of hydrogen-bond acceptors (Lipinski definition) is 2. The Morgan fingerprint density at radius 3 is 2.38 bits per heavy atom. The highest BCUT2D eigenvalue weighted by atomic mass is 16.2. The minimum absolute atomic E-state index is 0.119. The van der Waals surface area contributed by atoms with Gasteiger partial charge in [-0.25, -0.2) is 0 Å². The number of carbonyl (C=O) groups is 1. The molecule has 1 aromatic rings. The van der Waals surface area contributed by atoms with Crippen molar-refractivity contribution in [3.63, 3.8) is 0 Å². The normalized spacial score (nSPS) is 10.2. The second-order valence-electron chi connectivity index (χ2n) is 3.75. The molecule has 3 heteroatoms. The number of hydrogen-bond donors (Lipinski definition) is 1. The zero-order chi connectivity index (χ0) is 12.0. The van der Waals surface area contributed by atoms with Crippen LogP contribution in [-0.4, -0.2) is 25.5 Å². The SMILES string of the molecule is CCNCC(=O)N(CC)c1ccc(C)cc1.